The molecule has 8 heteroatoms. The summed E-state index contributed by atoms with van der Waals surface area (Å²) in [6.07, 6.45) is 1.82. The highest BCUT2D eigenvalue weighted by Gasteiger charge is 2.24. The van der Waals surface area contributed by atoms with Crippen molar-refractivity contribution in [1.29, 1.82) is 0 Å². The molecule has 2 amide bonds. The van der Waals surface area contributed by atoms with E-state index in [9.17, 15) is 13.2 Å². The van der Waals surface area contributed by atoms with Gasteiger partial charge in [-0.2, -0.15) is 0 Å². The molecule has 0 bridgehead atoms. The second-order valence-electron chi connectivity index (χ2n) is 5.78. The van der Waals surface area contributed by atoms with Crippen molar-refractivity contribution in [3.05, 3.63) is 29.3 Å². The summed E-state index contributed by atoms with van der Waals surface area (Å²) in [5.74, 6) is -0.0710. The van der Waals surface area contributed by atoms with Crippen LogP contribution in [0.25, 0.3) is 0 Å². The van der Waals surface area contributed by atoms with Crippen LogP contribution in [0.4, 0.5) is 10.5 Å². The van der Waals surface area contributed by atoms with E-state index < -0.39 is 16.1 Å². The number of rotatable bonds is 5. The molecule has 2 N–H and O–H groups in total. The Morgan fingerprint density at radius 1 is 1.17 bits per heavy atom. The lowest BCUT2D eigenvalue weighted by atomic mass is 10.1. The summed E-state index contributed by atoms with van der Waals surface area (Å²) in [7, 11) is -3.26. The Hall–Kier alpha value is -1.64. The van der Waals surface area contributed by atoms with E-state index >= 15 is 0 Å². The summed E-state index contributed by atoms with van der Waals surface area (Å²) < 4.78 is 30.9. The molecule has 0 saturated carbocycles. The van der Waals surface area contributed by atoms with Gasteiger partial charge in [0.1, 0.15) is 0 Å². The fourth-order valence-electron chi connectivity index (χ4n) is 2.81. The van der Waals surface area contributed by atoms with Gasteiger partial charge < -0.3 is 15.4 Å². The maximum Gasteiger partial charge on any atom is 0.319 e. The number of nitrogens with one attached hydrogen (secondary N) is 2. The quantitative estimate of drug-likeness (QED) is 0.845. The minimum absolute atomic E-state index is 0.0710. The lowest BCUT2D eigenvalue weighted by molar-refractivity contribution is 0.134. The van der Waals surface area contributed by atoms with E-state index in [-0.39, 0.29) is 12.3 Å². The molecule has 0 aromatic heterocycles. The Kier molecular flexibility index (Phi) is 4.84. The average molecular weight is 339 g/mol. The molecule has 0 spiro atoms. The third kappa shape index (κ3) is 4.01. The average Bonchev–Trinajstić information content (AvgIpc) is 3.18. The maximum atomic E-state index is 12.0. The van der Waals surface area contributed by atoms with Crippen molar-refractivity contribution in [3.63, 3.8) is 0 Å². The van der Waals surface area contributed by atoms with Crippen molar-refractivity contribution >= 4 is 21.7 Å². The van der Waals surface area contributed by atoms with Crippen LogP contribution in [0.1, 0.15) is 24.0 Å². The number of anilines is 1. The van der Waals surface area contributed by atoms with E-state index in [0.717, 1.165) is 24.0 Å². The van der Waals surface area contributed by atoms with Crippen molar-refractivity contribution in [2.24, 2.45) is 0 Å². The van der Waals surface area contributed by atoms with Crippen LogP contribution >= 0.6 is 0 Å². The van der Waals surface area contributed by atoms with Crippen LogP contribution in [0.3, 0.4) is 0 Å². The van der Waals surface area contributed by atoms with Gasteiger partial charge in [-0.05, 0) is 36.1 Å². The number of hydrogen-bond acceptors (Lipinski definition) is 4. The molecule has 7 nitrogen and oxygen atoms in total. The van der Waals surface area contributed by atoms with Crippen LogP contribution in [0.5, 0.6) is 0 Å². The van der Waals surface area contributed by atoms with Crippen molar-refractivity contribution in [2.75, 3.05) is 30.7 Å². The molecule has 0 atom stereocenters. The lowest BCUT2D eigenvalue weighted by Crippen LogP contribution is -2.37. The minimum atomic E-state index is -3.26. The first-order valence-electron chi connectivity index (χ1n) is 7.77. The first-order valence-corrected chi connectivity index (χ1v) is 9.38. The molecule has 2 aliphatic heterocycles. The number of carbonyl (C=O) groups excluding carboxylic acids is 1. The molecular weight excluding hydrogens is 318 g/mol. The highest BCUT2D eigenvalue weighted by Crippen LogP contribution is 2.23. The molecule has 0 unspecified atom stereocenters. The Morgan fingerprint density at radius 2 is 1.91 bits per heavy atom. The van der Waals surface area contributed by atoms with Gasteiger partial charge in [-0.3, -0.25) is 0 Å². The van der Waals surface area contributed by atoms with Gasteiger partial charge in [0.2, 0.25) is 10.0 Å². The van der Waals surface area contributed by atoms with Crippen LogP contribution in [0.2, 0.25) is 0 Å². The molecule has 126 valence electrons. The van der Waals surface area contributed by atoms with Gasteiger partial charge in [0.25, 0.3) is 0 Å². The van der Waals surface area contributed by atoms with Gasteiger partial charge in [-0.15, -0.1) is 0 Å². The van der Waals surface area contributed by atoms with Crippen molar-refractivity contribution in [1.82, 2.24) is 9.62 Å². The Labute approximate surface area is 136 Å². The minimum Gasteiger partial charge on any atom is -0.372 e. The van der Waals surface area contributed by atoms with Gasteiger partial charge in [0.15, 0.2) is 0 Å². The van der Waals surface area contributed by atoms with Gasteiger partial charge >= 0.3 is 6.03 Å². The summed E-state index contributed by atoms with van der Waals surface area (Å²) in [6.45, 7) is 2.44. The summed E-state index contributed by atoms with van der Waals surface area (Å²) >= 11 is 0. The van der Waals surface area contributed by atoms with E-state index in [2.05, 4.69) is 10.6 Å². The zero-order valence-corrected chi connectivity index (χ0v) is 13.7. The van der Waals surface area contributed by atoms with Gasteiger partial charge in [-0.25, -0.2) is 17.5 Å². The molecule has 1 aromatic carbocycles. The van der Waals surface area contributed by atoms with Crippen molar-refractivity contribution in [2.45, 2.75) is 26.1 Å². The summed E-state index contributed by atoms with van der Waals surface area (Å²) in [6, 6.07) is 5.22. The second kappa shape index (κ2) is 6.86. The Balaban J connectivity index is 1.46. The van der Waals surface area contributed by atoms with Crippen LogP contribution in [-0.4, -0.2) is 44.1 Å². The molecule has 1 aromatic rings. The highest BCUT2D eigenvalue weighted by atomic mass is 32.2. The van der Waals surface area contributed by atoms with Crippen LogP contribution in [-0.2, 0) is 28.0 Å². The Bertz CT molecular complexity index is 684. The first kappa shape index (κ1) is 16.2. The lowest BCUT2D eigenvalue weighted by Gasteiger charge is -2.15. The van der Waals surface area contributed by atoms with Crippen LogP contribution < -0.4 is 10.6 Å². The summed E-state index contributed by atoms with van der Waals surface area (Å²) in [4.78, 5) is 11.9. The highest BCUT2D eigenvalue weighted by molar-refractivity contribution is 7.89. The fourth-order valence-corrected chi connectivity index (χ4v) is 4.25. The van der Waals surface area contributed by atoms with E-state index in [4.69, 9.17) is 4.74 Å². The molecule has 3 rings (SSSR count). The zero-order valence-electron chi connectivity index (χ0n) is 12.9. The van der Waals surface area contributed by atoms with E-state index in [1.807, 2.05) is 18.2 Å². The largest absolute Gasteiger partial charge is 0.372 e. The topological polar surface area (TPSA) is 87.7 Å². The predicted molar refractivity (Wildman–Crippen MR) is 86.6 cm³/mol. The molecule has 1 saturated heterocycles. The molecule has 2 aliphatic rings. The number of carbonyl (C=O) groups is 1. The number of urea groups is 1. The SMILES string of the molecule is O=C(NCCS(=O)(=O)N1CCCC1)Nc1ccc2c(c1)COC2. The van der Waals surface area contributed by atoms with Gasteiger partial charge in [0, 0.05) is 25.3 Å². The normalized spacial score (nSPS) is 17.9. The third-order valence-corrected chi connectivity index (χ3v) is 5.96. The molecule has 1 fully saturated rings. The van der Waals surface area contributed by atoms with E-state index in [1.54, 1.807) is 0 Å². The molecule has 0 radical (unpaired) electrons. The van der Waals surface area contributed by atoms with Gasteiger partial charge in [0.05, 0.1) is 19.0 Å². The predicted octanol–water partition coefficient (Wildman–Crippen LogP) is 1.26. The number of sulfonamides is 1. The standard InChI is InChI=1S/C15H21N3O4S/c19-15(16-5-8-23(20,21)18-6-1-2-7-18)17-14-4-3-12-10-22-11-13(12)9-14/h3-4,9H,1-2,5-8,10-11H2,(H2,16,17,19). The summed E-state index contributed by atoms with van der Waals surface area (Å²) in [5.41, 5.74) is 2.88. The monoisotopic (exact) mass is 339 g/mol. The maximum absolute atomic E-state index is 12.0. The van der Waals surface area contributed by atoms with Gasteiger partial charge in [-0.1, -0.05) is 6.07 Å². The number of benzene rings is 1. The third-order valence-electron chi connectivity index (χ3n) is 4.08. The molecular formula is C15H21N3O4S. The fraction of sp³-hybridized carbons (Fsp3) is 0.533. The van der Waals surface area contributed by atoms with E-state index in [0.29, 0.717) is 32.0 Å². The molecule has 0 aliphatic carbocycles. The number of hydrogen-bond donors (Lipinski definition) is 2. The number of fused-ring (bicyclic) bond motifs is 1. The number of amides is 2. The molecule has 2 heterocycles. The summed E-state index contributed by atoms with van der Waals surface area (Å²) in [5, 5.41) is 5.30. The number of ether oxygens (including phenoxy) is 1. The first-order chi connectivity index (χ1) is 11.0. The smallest absolute Gasteiger partial charge is 0.319 e. The van der Waals surface area contributed by atoms with E-state index in [1.165, 1.54) is 4.31 Å². The molecule has 23 heavy (non-hydrogen) atoms. The van der Waals surface area contributed by atoms with Crippen molar-refractivity contribution in [3.8, 4) is 0 Å². The second-order valence-corrected chi connectivity index (χ2v) is 7.87. The van der Waals surface area contributed by atoms with Crippen LogP contribution in [0, 0.1) is 0 Å². The Morgan fingerprint density at radius 3 is 2.70 bits per heavy atom. The zero-order chi connectivity index (χ0) is 16.3. The van der Waals surface area contributed by atoms with Crippen molar-refractivity contribution < 1.29 is 17.9 Å². The van der Waals surface area contributed by atoms with Crippen LogP contribution in [0.15, 0.2) is 18.2 Å². The number of nitrogens with zero attached hydrogens (tertiary/aromatic N) is 1.